The van der Waals surface area contributed by atoms with Gasteiger partial charge in [-0.3, -0.25) is 5.43 Å². The topological polar surface area (TPSA) is 118 Å². The second-order valence-corrected chi connectivity index (χ2v) is 11.7. The van der Waals surface area contributed by atoms with Crippen molar-refractivity contribution in [2.75, 3.05) is 32.9 Å². The number of terminal acetylenes is 1. The van der Waals surface area contributed by atoms with Gasteiger partial charge in [0.2, 0.25) is 5.88 Å². The molecule has 10 nitrogen and oxygen atoms in total. The number of sulfonamides is 1. The molecule has 0 spiro atoms. The standard InChI is InChI=1S/C23H24N6O4S2/c1-2-16-5-6-17-13-21(34-20(17)12-16)35(31,32)27-10-11-28(18(14-27)4-3-8-24)23(30)29-9-7-19-22(26-29)33-15-25-19/h1,5-6,12-13,18,25-26H,3-4,7,9-11,14-15H2. The van der Waals surface area contributed by atoms with Gasteiger partial charge in [-0.05, 0) is 30.0 Å². The third-order valence-corrected chi connectivity index (χ3v) is 9.78. The number of piperazine rings is 1. The molecular weight excluding hydrogens is 488 g/mol. The van der Waals surface area contributed by atoms with Gasteiger partial charge in [0.15, 0.2) is 6.73 Å². The molecule has 182 valence electrons. The lowest BCUT2D eigenvalue weighted by Gasteiger charge is -2.43. The van der Waals surface area contributed by atoms with Gasteiger partial charge in [0, 0.05) is 55.3 Å². The van der Waals surface area contributed by atoms with Crippen molar-refractivity contribution in [1.82, 2.24) is 25.0 Å². The molecule has 3 aliphatic rings. The van der Waals surface area contributed by atoms with Crippen LogP contribution in [-0.4, -0.2) is 67.6 Å². The number of ether oxygens (including phenoxy) is 1. The summed E-state index contributed by atoms with van der Waals surface area (Å²) in [4.78, 5) is 15.0. The molecular formula is C23H24N6O4S2. The number of nitriles is 1. The number of hydrazine groups is 1. The Morgan fingerprint density at radius 2 is 2.14 bits per heavy atom. The molecule has 0 aliphatic carbocycles. The van der Waals surface area contributed by atoms with E-state index in [0.717, 1.165) is 15.8 Å². The normalized spacial score (nSPS) is 20.5. The smallest absolute Gasteiger partial charge is 0.339 e. The number of nitrogens with one attached hydrogen (secondary N) is 2. The Kier molecular flexibility index (Phi) is 6.19. The number of rotatable bonds is 4. The summed E-state index contributed by atoms with van der Waals surface area (Å²) in [6.45, 7) is 1.34. The van der Waals surface area contributed by atoms with Crippen LogP contribution >= 0.6 is 11.3 Å². The highest BCUT2D eigenvalue weighted by molar-refractivity contribution is 7.91. The molecule has 2 N–H and O–H groups in total. The summed E-state index contributed by atoms with van der Waals surface area (Å²) in [7, 11) is -3.77. The number of amides is 2. The van der Waals surface area contributed by atoms with E-state index < -0.39 is 16.1 Å². The first-order valence-corrected chi connectivity index (χ1v) is 13.5. The summed E-state index contributed by atoms with van der Waals surface area (Å²) in [5, 5.41) is 14.6. The first-order chi connectivity index (χ1) is 16.9. The van der Waals surface area contributed by atoms with Gasteiger partial charge in [0.25, 0.3) is 10.0 Å². The molecule has 0 radical (unpaired) electrons. The number of benzene rings is 1. The molecule has 1 atom stereocenters. The van der Waals surface area contributed by atoms with Crippen molar-refractivity contribution in [3.05, 3.63) is 41.4 Å². The maximum Gasteiger partial charge on any atom is 0.339 e. The molecule has 12 heteroatoms. The van der Waals surface area contributed by atoms with Gasteiger partial charge < -0.3 is 15.0 Å². The maximum atomic E-state index is 13.5. The number of urea groups is 1. The van der Waals surface area contributed by atoms with Gasteiger partial charge in [-0.25, -0.2) is 18.2 Å². The van der Waals surface area contributed by atoms with Crippen molar-refractivity contribution < 1.29 is 17.9 Å². The van der Waals surface area contributed by atoms with Crippen LogP contribution in [0, 0.1) is 23.7 Å². The van der Waals surface area contributed by atoms with E-state index in [1.165, 1.54) is 20.7 Å². The van der Waals surface area contributed by atoms with E-state index >= 15 is 0 Å². The van der Waals surface area contributed by atoms with Crippen molar-refractivity contribution >= 4 is 37.5 Å². The van der Waals surface area contributed by atoms with Gasteiger partial charge in [-0.2, -0.15) is 9.57 Å². The van der Waals surface area contributed by atoms with Gasteiger partial charge in [-0.15, -0.1) is 17.8 Å². The minimum absolute atomic E-state index is 0.124. The number of nitrogens with zero attached hydrogens (tertiary/aromatic N) is 4. The highest BCUT2D eigenvalue weighted by Crippen LogP contribution is 2.33. The zero-order valence-electron chi connectivity index (χ0n) is 18.9. The Bertz CT molecular complexity index is 1390. The van der Waals surface area contributed by atoms with E-state index in [0.29, 0.717) is 37.6 Å². The maximum absolute atomic E-state index is 13.5. The summed E-state index contributed by atoms with van der Waals surface area (Å²) in [5.41, 5.74) is 4.64. The van der Waals surface area contributed by atoms with E-state index in [1.807, 2.05) is 6.07 Å². The fourth-order valence-electron chi connectivity index (χ4n) is 4.49. The number of thiophene rings is 1. The molecule has 2 aromatic rings. The molecule has 0 bridgehead atoms. The Morgan fingerprint density at radius 3 is 2.94 bits per heavy atom. The van der Waals surface area contributed by atoms with Gasteiger partial charge in [-0.1, -0.05) is 12.0 Å². The first kappa shape index (κ1) is 23.3. The number of fused-ring (bicyclic) bond motifs is 1. The minimum atomic E-state index is -3.77. The van der Waals surface area contributed by atoms with Crippen LogP contribution in [0.5, 0.6) is 0 Å². The summed E-state index contributed by atoms with van der Waals surface area (Å²) >= 11 is 1.18. The van der Waals surface area contributed by atoms with Crippen molar-refractivity contribution in [3.63, 3.8) is 0 Å². The number of hydrogen-bond acceptors (Lipinski definition) is 8. The summed E-state index contributed by atoms with van der Waals surface area (Å²) in [5.74, 6) is 3.11. The highest BCUT2D eigenvalue weighted by atomic mass is 32.2. The van der Waals surface area contributed by atoms with Crippen molar-refractivity contribution in [1.29, 1.82) is 5.26 Å². The summed E-state index contributed by atoms with van der Waals surface area (Å²) in [6, 6.07) is 8.51. The van der Waals surface area contributed by atoms with Crippen LogP contribution < -0.4 is 10.7 Å². The first-order valence-electron chi connectivity index (χ1n) is 11.2. The Labute approximate surface area is 207 Å². The molecule has 0 saturated carbocycles. The molecule has 1 fully saturated rings. The Balaban J connectivity index is 1.35. The van der Waals surface area contributed by atoms with Gasteiger partial charge >= 0.3 is 6.03 Å². The monoisotopic (exact) mass is 512 g/mol. The van der Waals surface area contributed by atoms with E-state index in [9.17, 15) is 13.2 Å². The average molecular weight is 513 g/mol. The zero-order chi connectivity index (χ0) is 24.6. The molecule has 2 amide bonds. The van der Waals surface area contributed by atoms with Crippen molar-refractivity contribution in [2.45, 2.75) is 29.5 Å². The van der Waals surface area contributed by atoms with E-state index in [-0.39, 0.29) is 36.3 Å². The molecule has 1 aromatic heterocycles. The lowest BCUT2D eigenvalue weighted by molar-refractivity contribution is 0.0723. The quantitative estimate of drug-likeness (QED) is 0.601. The average Bonchev–Trinajstić information content (AvgIpc) is 3.53. The van der Waals surface area contributed by atoms with Crippen LogP contribution in [0.1, 0.15) is 24.8 Å². The predicted octanol–water partition coefficient (Wildman–Crippen LogP) is 1.94. The van der Waals surface area contributed by atoms with Crippen LogP contribution in [0.4, 0.5) is 4.79 Å². The highest BCUT2D eigenvalue weighted by Gasteiger charge is 2.39. The Morgan fingerprint density at radius 1 is 1.29 bits per heavy atom. The predicted molar refractivity (Wildman–Crippen MR) is 130 cm³/mol. The summed E-state index contributed by atoms with van der Waals surface area (Å²) in [6.07, 6.45) is 6.71. The molecule has 1 saturated heterocycles. The number of carbonyl (C=O) groups excluding carboxylic acids is 1. The van der Waals surface area contributed by atoms with Crippen LogP contribution in [0.15, 0.2) is 40.1 Å². The SMILES string of the molecule is C#Cc1ccc2cc(S(=O)(=O)N3CCN(C(=O)N4CCC5=C(N4)OCN5)C(CCC#N)C3)sc2c1. The lowest BCUT2D eigenvalue weighted by atomic mass is 10.1. The molecule has 3 aliphatic heterocycles. The lowest BCUT2D eigenvalue weighted by Crippen LogP contribution is -2.61. The van der Waals surface area contributed by atoms with Gasteiger partial charge in [0.05, 0.1) is 11.8 Å². The zero-order valence-corrected chi connectivity index (χ0v) is 20.5. The third kappa shape index (κ3) is 4.36. The van der Waals surface area contributed by atoms with Crippen molar-refractivity contribution in [2.24, 2.45) is 0 Å². The van der Waals surface area contributed by atoms with Crippen LogP contribution in [0.2, 0.25) is 0 Å². The molecule has 35 heavy (non-hydrogen) atoms. The largest absolute Gasteiger partial charge is 0.456 e. The number of carbonyl (C=O) groups is 1. The molecule has 4 heterocycles. The van der Waals surface area contributed by atoms with E-state index in [1.54, 1.807) is 23.1 Å². The van der Waals surface area contributed by atoms with Gasteiger partial charge in [0.1, 0.15) is 4.21 Å². The van der Waals surface area contributed by atoms with Crippen molar-refractivity contribution in [3.8, 4) is 18.4 Å². The molecule has 5 rings (SSSR count). The fourth-order valence-corrected chi connectivity index (χ4v) is 7.55. The Hall–Kier alpha value is -3.45. The fraction of sp³-hybridized carbons (Fsp3) is 0.391. The molecule has 1 unspecified atom stereocenters. The van der Waals surface area contributed by atoms with Crippen LogP contribution in [0.3, 0.4) is 0 Å². The van der Waals surface area contributed by atoms with E-state index in [2.05, 4.69) is 22.7 Å². The van der Waals surface area contributed by atoms with Crippen LogP contribution in [0.25, 0.3) is 10.1 Å². The summed E-state index contributed by atoms with van der Waals surface area (Å²) < 4.78 is 35.0. The van der Waals surface area contributed by atoms with E-state index in [4.69, 9.17) is 16.4 Å². The number of hydrogen-bond donors (Lipinski definition) is 2. The second-order valence-electron chi connectivity index (χ2n) is 8.44. The minimum Gasteiger partial charge on any atom is -0.456 e. The third-order valence-electron chi connectivity index (χ3n) is 6.37. The van der Waals surface area contributed by atoms with Crippen LogP contribution in [-0.2, 0) is 14.8 Å². The molecule has 1 aromatic carbocycles. The second kappa shape index (κ2) is 9.30.